The summed E-state index contributed by atoms with van der Waals surface area (Å²) >= 11 is 0. The fraction of sp³-hybridized carbons (Fsp3) is 0.684. The highest BCUT2D eigenvalue weighted by Gasteiger charge is 2.41. The van der Waals surface area contributed by atoms with E-state index in [1.165, 1.54) is 57.2 Å². The molecule has 1 aliphatic heterocycles. The van der Waals surface area contributed by atoms with Gasteiger partial charge in [0.25, 0.3) is 0 Å². The Morgan fingerprint density at radius 3 is 2.57 bits per heavy atom. The Bertz CT molecular complexity index is 449. The highest BCUT2D eigenvalue weighted by molar-refractivity contribution is 5.28. The summed E-state index contributed by atoms with van der Waals surface area (Å²) in [5.74, 6) is 2.75. The average Bonchev–Trinajstić information content (AvgIpc) is 3.02. The van der Waals surface area contributed by atoms with Crippen LogP contribution in [0.3, 0.4) is 0 Å². The molecule has 1 heterocycles. The van der Waals surface area contributed by atoms with Gasteiger partial charge in [0.15, 0.2) is 0 Å². The summed E-state index contributed by atoms with van der Waals surface area (Å²) in [6.45, 7) is 4.92. The van der Waals surface area contributed by atoms with Gasteiger partial charge in [0.2, 0.25) is 0 Å². The van der Waals surface area contributed by atoms with Gasteiger partial charge in [-0.15, -0.1) is 0 Å². The molecule has 0 amide bonds. The number of benzene rings is 1. The standard InChI is InChI=1S/C19H29NO/c1-19(13-15-7-9-17(21-2)10-8-15)11-12-20-14-18(19)16-5-3-4-6-16/h7-10,16,18,20H,3-6,11-14H2,1-2H3. The van der Waals surface area contributed by atoms with Crippen LogP contribution in [0.4, 0.5) is 0 Å². The van der Waals surface area contributed by atoms with Crippen LogP contribution in [0.2, 0.25) is 0 Å². The molecule has 2 heteroatoms. The van der Waals surface area contributed by atoms with Crippen molar-refractivity contribution in [1.82, 2.24) is 5.32 Å². The van der Waals surface area contributed by atoms with E-state index in [1.807, 2.05) is 0 Å². The van der Waals surface area contributed by atoms with Gasteiger partial charge in [-0.25, -0.2) is 0 Å². The van der Waals surface area contributed by atoms with Crippen molar-refractivity contribution >= 4 is 0 Å². The molecular weight excluding hydrogens is 258 g/mol. The van der Waals surface area contributed by atoms with Crippen LogP contribution in [0.25, 0.3) is 0 Å². The van der Waals surface area contributed by atoms with Gasteiger partial charge in [0, 0.05) is 0 Å². The second-order valence-corrected chi connectivity index (χ2v) is 7.28. The van der Waals surface area contributed by atoms with Crippen molar-refractivity contribution in [3.63, 3.8) is 0 Å². The Hall–Kier alpha value is -1.02. The maximum Gasteiger partial charge on any atom is 0.118 e. The Kier molecular flexibility index (Phi) is 4.54. The van der Waals surface area contributed by atoms with E-state index < -0.39 is 0 Å². The number of hydrogen-bond donors (Lipinski definition) is 1. The second-order valence-electron chi connectivity index (χ2n) is 7.28. The Morgan fingerprint density at radius 1 is 1.19 bits per heavy atom. The maximum atomic E-state index is 5.28. The van der Waals surface area contributed by atoms with Crippen LogP contribution in [0.1, 0.15) is 44.6 Å². The molecule has 1 aromatic carbocycles. The topological polar surface area (TPSA) is 21.3 Å². The number of methoxy groups -OCH3 is 1. The van der Waals surface area contributed by atoms with Gasteiger partial charge in [-0.05, 0) is 60.9 Å². The molecule has 1 saturated carbocycles. The molecule has 2 aliphatic rings. The first kappa shape index (κ1) is 14.9. The third-order valence-corrected chi connectivity index (χ3v) is 5.87. The molecule has 1 N–H and O–H groups in total. The van der Waals surface area contributed by atoms with E-state index in [2.05, 4.69) is 36.5 Å². The predicted molar refractivity (Wildman–Crippen MR) is 87.7 cm³/mol. The molecule has 116 valence electrons. The fourth-order valence-corrected chi connectivity index (χ4v) is 4.59. The Labute approximate surface area is 129 Å². The predicted octanol–water partition coefficient (Wildman–Crippen LogP) is 4.04. The van der Waals surface area contributed by atoms with Crippen LogP contribution in [-0.2, 0) is 6.42 Å². The van der Waals surface area contributed by atoms with E-state index in [1.54, 1.807) is 7.11 Å². The summed E-state index contributed by atoms with van der Waals surface area (Å²) < 4.78 is 5.28. The lowest BCUT2D eigenvalue weighted by atomic mass is 9.63. The normalized spacial score (nSPS) is 30.5. The van der Waals surface area contributed by atoms with Gasteiger partial charge in [-0.2, -0.15) is 0 Å². The van der Waals surface area contributed by atoms with Crippen molar-refractivity contribution in [3.05, 3.63) is 29.8 Å². The number of hydrogen-bond acceptors (Lipinski definition) is 2. The number of nitrogens with one attached hydrogen (secondary N) is 1. The average molecular weight is 287 g/mol. The summed E-state index contributed by atoms with van der Waals surface area (Å²) in [4.78, 5) is 0. The molecule has 0 aromatic heterocycles. The van der Waals surface area contributed by atoms with Crippen molar-refractivity contribution < 1.29 is 4.74 Å². The van der Waals surface area contributed by atoms with Crippen molar-refractivity contribution in [2.24, 2.45) is 17.3 Å². The van der Waals surface area contributed by atoms with Gasteiger partial charge < -0.3 is 10.1 Å². The molecule has 1 aliphatic carbocycles. The molecule has 2 fully saturated rings. The molecular formula is C19H29NO. The van der Waals surface area contributed by atoms with Gasteiger partial charge in [-0.1, -0.05) is 44.7 Å². The summed E-state index contributed by atoms with van der Waals surface area (Å²) in [6, 6.07) is 8.70. The first-order valence-electron chi connectivity index (χ1n) is 8.55. The van der Waals surface area contributed by atoms with Crippen LogP contribution < -0.4 is 10.1 Å². The fourth-order valence-electron chi connectivity index (χ4n) is 4.59. The van der Waals surface area contributed by atoms with Crippen molar-refractivity contribution in [1.29, 1.82) is 0 Å². The first-order chi connectivity index (χ1) is 10.2. The third-order valence-electron chi connectivity index (χ3n) is 5.87. The minimum Gasteiger partial charge on any atom is -0.497 e. The van der Waals surface area contributed by atoms with Crippen LogP contribution in [-0.4, -0.2) is 20.2 Å². The van der Waals surface area contributed by atoms with E-state index in [0.29, 0.717) is 5.41 Å². The summed E-state index contributed by atoms with van der Waals surface area (Å²) in [6.07, 6.45) is 8.30. The van der Waals surface area contributed by atoms with Gasteiger partial charge in [-0.3, -0.25) is 0 Å². The molecule has 1 aromatic rings. The van der Waals surface area contributed by atoms with Crippen molar-refractivity contribution in [2.75, 3.05) is 20.2 Å². The molecule has 2 nitrogen and oxygen atoms in total. The molecule has 2 unspecified atom stereocenters. The third kappa shape index (κ3) is 3.26. The molecule has 0 bridgehead atoms. The lowest BCUT2D eigenvalue weighted by Gasteiger charge is -2.45. The molecule has 3 rings (SSSR count). The minimum atomic E-state index is 0.453. The number of piperidine rings is 1. The monoisotopic (exact) mass is 287 g/mol. The van der Waals surface area contributed by atoms with E-state index >= 15 is 0 Å². The zero-order valence-electron chi connectivity index (χ0n) is 13.5. The number of rotatable bonds is 4. The zero-order chi connectivity index (χ0) is 14.7. The second kappa shape index (κ2) is 6.39. The van der Waals surface area contributed by atoms with Crippen molar-refractivity contribution in [2.45, 2.75) is 45.4 Å². The molecule has 1 saturated heterocycles. The Balaban J connectivity index is 1.75. The zero-order valence-corrected chi connectivity index (χ0v) is 13.5. The van der Waals surface area contributed by atoms with Crippen LogP contribution in [0, 0.1) is 17.3 Å². The Morgan fingerprint density at radius 2 is 1.90 bits per heavy atom. The summed E-state index contributed by atoms with van der Waals surface area (Å²) in [5, 5.41) is 3.65. The van der Waals surface area contributed by atoms with Crippen LogP contribution in [0.5, 0.6) is 5.75 Å². The quantitative estimate of drug-likeness (QED) is 0.902. The van der Waals surface area contributed by atoms with E-state index in [0.717, 1.165) is 17.6 Å². The van der Waals surface area contributed by atoms with Crippen molar-refractivity contribution in [3.8, 4) is 5.75 Å². The van der Waals surface area contributed by atoms with Gasteiger partial charge >= 0.3 is 0 Å². The van der Waals surface area contributed by atoms with E-state index in [4.69, 9.17) is 4.74 Å². The lowest BCUT2D eigenvalue weighted by molar-refractivity contribution is 0.0785. The van der Waals surface area contributed by atoms with Crippen LogP contribution >= 0.6 is 0 Å². The number of ether oxygens (including phenoxy) is 1. The lowest BCUT2D eigenvalue weighted by Crippen LogP contribution is -2.47. The summed E-state index contributed by atoms with van der Waals surface area (Å²) in [7, 11) is 1.74. The molecule has 21 heavy (non-hydrogen) atoms. The van der Waals surface area contributed by atoms with Gasteiger partial charge in [0.1, 0.15) is 5.75 Å². The summed E-state index contributed by atoms with van der Waals surface area (Å²) in [5.41, 5.74) is 1.91. The highest BCUT2D eigenvalue weighted by atomic mass is 16.5. The van der Waals surface area contributed by atoms with E-state index in [-0.39, 0.29) is 0 Å². The van der Waals surface area contributed by atoms with E-state index in [9.17, 15) is 0 Å². The highest BCUT2D eigenvalue weighted by Crippen LogP contribution is 2.46. The smallest absolute Gasteiger partial charge is 0.118 e. The first-order valence-corrected chi connectivity index (χ1v) is 8.55. The molecule has 2 atom stereocenters. The maximum absolute atomic E-state index is 5.28. The van der Waals surface area contributed by atoms with Gasteiger partial charge in [0.05, 0.1) is 7.11 Å². The van der Waals surface area contributed by atoms with Crippen LogP contribution in [0.15, 0.2) is 24.3 Å². The molecule has 0 radical (unpaired) electrons. The SMILES string of the molecule is COc1ccc(CC2(C)CCNCC2C2CCCC2)cc1. The molecule has 0 spiro atoms. The minimum absolute atomic E-state index is 0.453. The largest absolute Gasteiger partial charge is 0.497 e.